The zero-order valence-corrected chi connectivity index (χ0v) is 9.48. The molecule has 4 N–H and O–H groups in total. The van der Waals surface area contributed by atoms with Crippen LogP contribution in [-0.4, -0.2) is 0 Å². The Balaban J connectivity index is 2.17. The summed E-state index contributed by atoms with van der Waals surface area (Å²) in [5.41, 5.74) is 18.3. The van der Waals surface area contributed by atoms with E-state index in [9.17, 15) is 0 Å². The van der Waals surface area contributed by atoms with Crippen LogP contribution in [0.4, 0.5) is 11.4 Å². The molecular weight excluding hydrogens is 208 g/mol. The van der Waals surface area contributed by atoms with Gasteiger partial charge in [0, 0.05) is 11.4 Å². The predicted octanol–water partition coefficient (Wildman–Crippen LogP) is 2.93. The number of nitrogens with two attached hydrogens (primary N) is 2. The standard InChI is InChI=1S/C15H14N2/c16-14-5-3-10-1-2-11-4-6-15(17)9-13(11)7-12(10)8-14/h1-6,8-9H,7,16-17H2. The molecule has 2 nitrogen and oxygen atoms in total. The molecule has 2 aromatic carbocycles. The van der Waals surface area contributed by atoms with Crippen molar-refractivity contribution in [1.29, 1.82) is 0 Å². The largest absolute Gasteiger partial charge is 0.399 e. The van der Waals surface area contributed by atoms with E-state index in [1.54, 1.807) is 0 Å². The summed E-state index contributed by atoms with van der Waals surface area (Å²) in [6, 6.07) is 12.1. The Bertz CT molecular complexity index is 559. The fourth-order valence-corrected chi connectivity index (χ4v) is 2.27. The van der Waals surface area contributed by atoms with E-state index in [2.05, 4.69) is 24.3 Å². The smallest absolute Gasteiger partial charge is 0.0317 e. The third-order valence-electron chi connectivity index (χ3n) is 3.16. The first-order valence-electron chi connectivity index (χ1n) is 5.67. The summed E-state index contributed by atoms with van der Waals surface area (Å²) in [7, 11) is 0. The maximum absolute atomic E-state index is 5.83. The quantitative estimate of drug-likeness (QED) is 0.574. The molecule has 0 atom stereocenters. The van der Waals surface area contributed by atoms with Crippen molar-refractivity contribution >= 4 is 23.5 Å². The summed E-state index contributed by atoms with van der Waals surface area (Å²) in [4.78, 5) is 0. The highest BCUT2D eigenvalue weighted by Crippen LogP contribution is 2.27. The monoisotopic (exact) mass is 222 g/mol. The van der Waals surface area contributed by atoms with E-state index < -0.39 is 0 Å². The van der Waals surface area contributed by atoms with Crippen molar-refractivity contribution in [2.45, 2.75) is 6.42 Å². The molecule has 0 saturated carbocycles. The SMILES string of the molecule is Nc1ccc2c(c1)Cc1cc(N)ccc1C=C2. The van der Waals surface area contributed by atoms with E-state index in [0.29, 0.717) is 0 Å². The minimum atomic E-state index is 0.810. The van der Waals surface area contributed by atoms with Crippen molar-refractivity contribution in [3.63, 3.8) is 0 Å². The minimum Gasteiger partial charge on any atom is -0.399 e. The molecule has 0 aliphatic heterocycles. The lowest BCUT2D eigenvalue weighted by Crippen LogP contribution is -1.96. The molecule has 0 heterocycles. The van der Waals surface area contributed by atoms with Crippen LogP contribution in [0.3, 0.4) is 0 Å². The second-order valence-electron chi connectivity index (χ2n) is 4.43. The summed E-state index contributed by atoms with van der Waals surface area (Å²) in [5, 5.41) is 0. The van der Waals surface area contributed by atoms with E-state index in [-0.39, 0.29) is 0 Å². The molecule has 2 heteroatoms. The fraction of sp³-hybridized carbons (Fsp3) is 0.0667. The van der Waals surface area contributed by atoms with Crippen molar-refractivity contribution in [3.8, 4) is 0 Å². The van der Waals surface area contributed by atoms with Crippen LogP contribution < -0.4 is 11.5 Å². The van der Waals surface area contributed by atoms with E-state index >= 15 is 0 Å². The van der Waals surface area contributed by atoms with Crippen molar-refractivity contribution in [3.05, 3.63) is 58.7 Å². The van der Waals surface area contributed by atoms with Gasteiger partial charge in [0.25, 0.3) is 0 Å². The van der Waals surface area contributed by atoms with Crippen LogP contribution in [0.5, 0.6) is 0 Å². The number of nitrogen functional groups attached to an aromatic ring is 2. The molecule has 0 unspecified atom stereocenters. The molecule has 0 fully saturated rings. The molecule has 84 valence electrons. The predicted molar refractivity (Wildman–Crippen MR) is 73.4 cm³/mol. The molecule has 0 bridgehead atoms. The molecule has 3 rings (SSSR count). The molecule has 17 heavy (non-hydrogen) atoms. The van der Waals surface area contributed by atoms with E-state index in [1.165, 1.54) is 22.3 Å². The van der Waals surface area contributed by atoms with Gasteiger partial charge in [-0.3, -0.25) is 0 Å². The van der Waals surface area contributed by atoms with E-state index in [4.69, 9.17) is 11.5 Å². The second kappa shape index (κ2) is 3.67. The van der Waals surface area contributed by atoms with E-state index in [0.717, 1.165) is 17.8 Å². The van der Waals surface area contributed by atoms with Crippen LogP contribution in [0.25, 0.3) is 12.2 Å². The minimum absolute atomic E-state index is 0.810. The summed E-state index contributed by atoms with van der Waals surface area (Å²) in [6.07, 6.45) is 5.15. The maximum atomic E-state index is 5.83. The Morgan fingerprint density at radius 1 is 0.706 bits per heavy atom. The molecule has 0 radical (unpaired) electrons. The first-order chi connectivity index (χ1) is 8.22. The van der Waals surface area contributed by atoms with Gasteiger partial charge in [0.1, 0.15) is 0 Å². The summed E-state index contributed by atoms with van der Waals surface area (Å²) in [5.74, 6) is 0. The van der Waals surface area contributed by atoms with Crippen LogP contribution >= 0.6 is 0 Å². The van der Waals surface area contributed by atoms with Gasteiger partial charge in [-0.2, -0.15) is 0 Å². The Morgan fingerprint density at radius 2 is 1.18 bits per heavy atom. The van der Waals surface area contributed by atoms with Gasteiger partial charge in [0.05, 0.1) is 0 Å². The van der Waals surface area contributed by atoms with Crippen LogP contribution in [0, 0.1) is 0 Å². The lowest BCUT2D eigenvalue weighted by atomic mass is 9.99. The van der Waals surface area contributed by atoms with Gasteiger partial charge < -0.3 is 11.5 Å². The van der Waals surface area contributed by atoms with Crippen LogP contribution in [0.2, 0.25) is 0 Å². The second-order valence-corrected chi connectivity index (χ2v) is 4.43. The van der Waals surface area contributed by atoms with Gasteiger partial charge in [-0.25, -0.2) is 0 Å². The Kier molecular flexibility index (Phi) is 2.15. The number of fused-ring (bicyclic) bond motifs is 2. The molecular formula is C15H14N2. The Hall–Kier alpha value is -2.22. The van der Waals surface area contributed by atoms with Gasteiger partial charge in [-0.1, -0.05) is 24.3 Å². The molecule has 0 saturated heterocycles. The molecule has 0 spiro atoms. The maximum Gasteiger partial charge on any atom is 0.0317 e. The summed E-state index contributed by atoms with van der Waals surface area (Å²) >= 11 is 0. The van der Waals surface area contributed by atoms with Gasteiger partial charge in [0.15, 0.2) is 0 Å². The lowest BCUT2D eigenvalue weighted by molar-refractivity contribution is 1.19. The number of anilines is 2. The molecule has 0 aromatic heterocycles. The Labute approximate surface area is 101 Å². The molecule has 2 aromatic rings. The number of rotatable bonds is 0. The van der Waals surface area contributed by atoms with Gasteiger partial charge in [-0.15, -0.1) is 0 Å². The van der Waals surface area contributed by atoms with Gasteiger partial charge >= 0.3 is 0 Å². The molecule has 1 aliphatic carbocycles. The number of hydrogen-bond acceptors (Lipinski definition) is 2. The average molecular weight is 222 g/mol. The molecule has 0 amide bonds. The van der Waals surface area contributed by atoms with Crippen LogP contribution in [0.1, 0.15) is 22.3 Å². The third-order valence-corrected chi connectivity index (χ3v) is 3.16. The number of benzene rings is 2. The van der Waals surface area contributed by atoms with Gasteiger partial charge in [0.2, 0.25) is 0 Å². The van der Waals surface area contributed by atoms with Crippen molar-refractivity contribution in [2.24, 2.45) is 0 Å². The average Bonchev–Trinajstić information content (AvgIpc) is 2.46. The summed E-state index contributed by atoms with van der Waals surface area (Å²) < 4.78 is 0. The highest BCUT2D eigenvalue weighted by molar-refractivity contribution is 5.77. The first kappa shape index (κ1) is 9.97. The van der Waals surface area contributed by atoms with Gasteiger partial charge in [-0.05, 0) is 52.9 Å². The zero-order chi connectivity index (χ0) is 11.8. The fourth-order valence-electron chi connectivity index (χ4n) is 2.27. The zero-order valence-electron chi connectivity index (χ0n) is 9.48. The number of hydrogen-bond donors (Lipinski definition) is 2. The van der Waals surface area contributed by atoms with Crippen molar-refractivity contribution in [1.82, 2.24) is 0 Å². The molecule has 1 aliphatic rings. The third kappa shape index (κ3) is 1.78. The first-order valence-corrected chi connectivity index (χ1v) is 5.67. The normalized spacial score (nSPS) is 12.7. The topological polar surface area (TPSA) is 52.0 Å². The highest BCUT2D eigenvalue weighted by atomic mass is 14.5. The lowest BCUT2D eigenvalue weighted by Gasteiger charge is -2.07. The Morgan fingerprint density at radius 3 is 1.65 bits per heavy atom. The summed E-state index contributed by atoms with van der Waals surface area (Å²) in [6.45, 7) is 0. The van der Waals surface area contributed by atoms with Crippen LogP contribution in [0.15, 0.2) is 36.4 Å². The van der Waals surface area contributed by atoms with Crippen LogP contribution in [-0.2, 0) is 6.42 Å². The van der Waals surface area contributed by atoms with Crippen molar-refractivity contribution < 1.29 is 0 Å². The highest BCUT2D eigenvalue weighted by Gasteiger charge is 2.09. The van der Waals surface area contributed by atoms with Crippen molar-refractivity contribution in [2.75, 3.05) is 11.5 Å². The van der Waals surface area contributed by atoms with E-state index in [1.807, 2.05) is 24.3 Å².